The van der Waals surface area contributed by atoms with Crippen LogP contribution in [0.4, 0.5) is 11.5 Å². The normalized spacial score (nSPS) is 10.2. The fourth-order valence-electron chi connectivity index (χ4n) is 1.56. The third-order valence-corrected chi connectivity index (χ3v) is 2.66. The summed E-state index contributed by atoms with van der Waals surface area (Å²) in [6.45, 7) is 3.41. The van der Waals surface area contributed by atoms with Crippen molar-refractivity contribution in [3.05, 3.63) is 45.8 Å². The van der Waals surface area contributed by atoms with Crippen LogP contribution < -0.4 is 10.5 Å². The van der Waals surface area contributed by atoms with Crippen LogP contribution in [0.5, 0.6) is 11.6 Å². The Balaban J connectivity index is 2.49. The molecule has 0 spiro atoms. The molecule has 0 bridgehead atoms. The molecule has 2 N–H and O–H groups in total. The van der Waals surface area contributed by atoms with E-state index >= 15 is 0 Å². The van der Waals surface area contributed by atoms with E-state index in [0.29, 0.717) is 11.1 Å². The highest BCUT2D eigenvalue weighted by molar-refractivity contribution is 5.54. The van der Waals surface area contributed by atoms with Gasteiger partial charge in [-0.15, -0.1) is 0 Å². The van der Waals surface area contributed by atoms with E-state index in [2.05, 4.69) is 9.97 Å². The van der Waals surface area contributed by atoms with Crippen LogP contribution in [0.25, 0.3) is 0 Å². The Bertz CT molecular complexity index is 643. The Morgan fingerprint density at radius 3 is 2.74 bits per heavy atom. The molecule has 1 aromatic carbocycles. The number of nitrogens with zero attached hydrogens (tertiary/aromatic N) is 3. The second-order valence-corrected chi connectivity index (χ2v) is 3.97. The van der Waals surface area contributed by atoms with Gasteiger partial charge in [0.1, 0.15) is 12.1 Å². The van der Waals surface area contributed by atoms with E-state index in [4.69, 9.17) is 10.5 Å². The van der Waals surface area contributed by atoms with E-state index in [0.717, 1.165) is 0 Å². The Morgan fingerprint density at radius 1 is 1.32 bits per heavy atom. The van der Waals surface area contributed by atoms with Gasteiger partial charge in [0.15, 0.2) is 0 Å². The maximum Gasteiger partial charge on any atom is 0.311 e. The highest BCUT2D eigenvalue weighted by Gasteiger charge is 2.19. The minimum atomic E-state index is -0.498. The first kappa shape index (κ1) is 12.7. The summed E-state index contributed by atoms with van der Waals surface area (Å²) in [5.41, 5.74) is 6.72. The van der Waals surface area contributed by atoms with E-state index in [1.54, 1.807) is 26.0 Å². The van der Waals surface area contributed by atoms with Gasteiger partial charge in [0, 0.05) is 6.07 Å². The van der Waals surface area contributed by atoms with Gasteiger partial charge in [-0.1, -0.05) is 12.1 Å². The van der Waals surface area contributed by atoms with Gasteiger partial charge in [-0.25, -0.2) is 9.97 Å². The van der Waals surface area contributed by atoms with E-state index in [9.17, 15) is 10.1 Å². The zero-order chi connectivity index (χ0) is 14.0. The molecule has 19 heavy (non-hydrogen) atoms. The summed E-state index contributed by atoms with van der Waals surface area (Å²) in [5, 5.41) is 11.0. The maximum atomic E-state index is 11.0. The first-order valence-corrected chi connectivity index (χ1v) is 5.49. The molecular formula is C12H12N4O3. The summed E-state index contributed by atoms with van der Waals surface area (Å²) in [5.74, 6) is 0.653. The fourth-order valence-corrected chi connectivity index (χ4v) is 1.56. The van der Waals surface area contributed by atoms with Gasteiger partial charge in [0.2, 0.25) is 11.6 Å². The van der Waals surface area contributed by atoms with Crippen LogP contribution in [0.1, 0.15) is 11.1 Å². The maximum absolute atomic E-state index is 11.0. The molecular weight excluding hydrogens is 248 g/mol. The highest BCUT2D eigenvalue weighted by atomic mass is 16.6. The minimum absolute atomic E-state index is 0.114. The third-order valence-electron chi connectivity index (χ3n) is 2.66. The van der Waals surface area contributed by atoms with E-state index in [1.165, 1.54) is 12.4 Å². The molecule has 2 rings (SSSR count). The first-order valence-electron chi connectivity index (χ1n) is 5.49. The number of hydrogen-bond acceptors (Lipinski definition) is 6. The summed E-state index contributed by atoms with van der Waals surface area (Å²) in [7, 11) is 0. The Labute approximate surface area is 109 Å². The number of aromatic nitrogens is 2. The van der Waals surface area contributed by atoms with Crippen molar-refractivity contribution >= 4 is 11.5 Å². The lowest BCUT2D eigenvalue weighted by Crippen LogP contribution is -2.01. The molecule has 98 valence electrons. The van der Waals surface area contributed by atoms with Crippen LogP contribution >= 0.6 is 0 Å². The van der Waals surface area contributed by atoms with Gasteiger partial charge in [-0.2, -0.15) is 0 Å². The molecule has 0 saturated heterocycles. The Kier molecular flexibility index (Phi) is 3.28. The number of ether oxygens (including phenoxy) is 1. The largest absolute Gasteiger partial charge is 0.431 e. The predicted octanol–water partition coefficient (Wildman–Crippen LogP) is 2.38. The van der Waals surface area contributed by atoms with Crippen molar-refractivity contribution in [2.45, 2.75) is 13.8 Å². The zero-order valence-corrected chi connectivity index (χ0v) is 10.5. The average Bonchev–Trinajstić information content (AvgIpc) is 2.36. The van der Waals surface area contributed by atoms with Crippen LogP contribution in [-0.4, -0.2) is 14.9 Å². The molecule has 0 unspecified atom stereocenters. The summed E-state index contributed by atoms with van der Waals surface area (Å²) in [6.07, 6.45) is 1.25. The summed E-state index contributed by atoms with van der Waals surface area (Å²) >= 11 is 0. The molecule has 0 amide bonds. The number of nitro groups is 1. The highest BCUT2D eigenvalue weighted by Crippen LogP contribution is 2.35. The van der Waals surface area contributed by atoms with Crippen molar-refractivity contribution < 1.29 is 9.66 Å². The molecule has 0 aliphatic carbocycles. The number of nitro benzene ring substituents is 1. The SMILES string of the molecule is Cc1cccc([N+](=O)[O-])c1Oc1ncnc(N)c1C. The number of aryl methyl sites for hydroxylation is 1. The van der Waals surface area contributed by atoms with Crippen LogP contribution in [0.15, 0.2) is 24.5 Å². The summed E-state index contributed by atoms with van der Waals surface area (Å²) < 4.78 is 5.54. The first-order chi connectivity index (χ1) is 9.00. The van der Waals surface area contributed by atoms with Gasteiger partial charge in [-0.3, -0.25) is 10.1 Å². The van der Waals surface area contributed by atoms with E-state index in [-0.39, 0.29) is 23.1 Å². The molecule has 1 heterocycles. The summed E-state index contributed by atoms with van der Waals surface area (Å²) in [4.78, 5) is 18.2. The topological polar surface area (TPSA) is 104 Å². The van der Waals surface area contributed by atoms with Crippen molar-refractivity contribution in [1.29, 1.82) is 0 Å². The molecule has 0 atom stereocenters. The number of benzene rings is 1. The van der Waals surface area contributed by atoms with Crippen molar-refractivity contribution in [1.82, 2.24) is 9.97 Å². The second-order valence-electron chi connectivity index (χ2n) is 3.97. The minimum Gasteiger partial charge on any atom is -0.431 e. The van der Waals surface area contributed by atoms with Crippen molar-refractivity contribution in [2.24, 2.45) is 0 Å². The van der Waals surface area contributed by atoms with Crippen LogP contribution in [-0.2, 0) is 0 Å². The van der Waals surface area contributed by atoms with Crippen LogP contribution in [0.3, 0.4) is 0 Å². The van der Waals surface area contributed by atoms with Gasteiger partial charge in [0.05, 0.1) is 10.5 Å². The van der Waals surface area contributed by atoms with Crippen molar-refractivity contribution in [3.63, 3.8) is 0 Å². The smallest absolute Gasteiger partial charge is 0.311 e. The molecule has 0 fully saturated rings. The average molecular weight is 260 g/mol. The molecule has 7 heteroatoms. The van der Waals surface area contributed by atoms with Crippen molar-refractivity contribution in [2.75, 3.05) is 5.73 Å². The lowest BCUT2D eigenvalue weighted by Gasteiger charge is -2.10. The molecule has 1 aromatic heterocycles. The number of nitrogens with two attached hydrogens (primary N) is 1. The molecule has 0 aliphatic rings. The zero-order valence-electron chi connectivity index (χ0n) is 10.5. The monoisotopic (exact) mass is 260 g/mol. The number of rotatable bonds is 3. The number of para-hydroxylation sites is 1. The van der Waals surface area contributed by atoms with E-state index in [1.807, 2.05) is 0 Å². The van der Waals surface area contributed by atoms with Crippen LogP contribution in [0, 0.1) is 24.0 Å². The molecule has 2 aromatic rings. The number of anilines is 1. The third kappa shape index (κ3) is 2.44. The van der Waals surface area contributed by atoms with Gasteiger partial charge >= 0.3 is 5.69 Å². The van der Waals surface area contributed by atoms with Crippen molar-refractivity contribution in [3.8, 4) is 11.6 Å². The number of nitrogen functional groups attached to an aromatic ring is 1. The Hall–Kier alpha value is -2.70. The quantitative estimate of drug-likeness (QED) is 0.671. The molecule has 0 saturated carbocycles. The molecule has 7 nitrogen and oxygen atoms in total. The van der Waals surface area contributed by atoms with Gasteiger partial charge < -0.3 is 10.5 Å². The van der Waals surface area contributed by atoms with Gasteiger partial charge in [0.25, 0.3) is 0 Å². The second kappa shape index (κ2) is 4.89. The van der Waals surface area contributed by atoms with Crippen LogP contribution in [0.2, 0.25) is 0 Å². The summed E-state index contributed by atoms with van der Waals surface area (Å²) in [6, 6.07) is 4.70. The molecule has 0 aliphatic heterocycles. The fraction of sp³-hybridized carbons (Fsp3) is 0.167. The predicted molar refractivity (Wildman–Crippen MR) is 69.1 cm³/mol. The lowest BCUT2D eigenvalue weighted by molar-refractivity contribution is -0.385. The molecule has 0 radical (unpaired) electrons. The number of hydrogen-bond donors (Lipinski definition) is 1. The Morgan fingerprint density at radius 2 is 2.05 bits per heavy atom. The van der Waals surface area contributed by atoms with E-state index < -0.39 is 4.92 Å². The van der Waals surface area contributed by atoms with Gasteiger partial charge in [-0.05, 0) is 19.4 Å². The lowest BCUT2D eigenvalue weighted by atomic mass is 10.2. The standard InChI is InChI=1S/C12H12N4O3/c1-7-4-3-5-9(16(17)18)10(7)19-12-8(2)11(13)14-6-15-12/h3-6H,1-2H3,(H2,13,14,15).